The summed E-state index contributed by atoms with van der Waals surface area (Å²) in [6.07, 6.45) is 7.76. The molecule has 17 heavy (non-hydrogen) atoms. The Hall–Kier alpha value is -1.03. The number of imidazole rings is 1. The van der Waals surface area contributed by atoms with Gasteiger partial charge in [-0.05, 0) is 32.7 Å². The maximum absolute atomic E-state index is 4.51. The van der Waals surface area contributed by atoms with Crippen molar-refractivity contribution in [3.63, 3.8) is 0 Å². The summed E-state index contributed by atoms with van der Waals surface area (Å²) >= 11 is 0. The number of aromatic nitrogens is 2. The van der Waals surface area contributed by atoms with Crippen LogP contribution in [0.15, 0.2) is 12.4 Å². The van der Waals surface area contributed by atoms with E-state index in [2.05, 4.69) is 39.8 Å². The normalized spacial score (nSPS) is 20.1. The summed E-state index contributed by atoms with van der Waals surface area (Å²) in [6.45, 7) is 8.74. The van der Waals surface area contributed by atoms with Gasteiger partial charge in [0.2, 0.25) is 5.95 Å². The van der Waals surface area contributed by atoms with Crippen LogP contribution in [0, 0.1) is 0 Å². The van der Waals surface area contributed by atoms with Crippen LogP contribution in [-0.2, 0) is 6.54 Å². The molecule has 1 aliphatic heterocycles. The Balaban J connectivity index is 1.99. The Bertz CT molecular complexity index is 334. The van der Waals surface area contributed by atoms with Gasteiger partial charge in [-0.1, -0.05) is 6.92 Å². The molecule has 2 rings (SSSR count). The zero-order chi connectivity index (χ0) is 12.1. The third-order valence-electron chi connectivity index (χ3n) is 3.47. The lowest BCUT2D eigenvalue weighted by Gasteiger charge is -2.26. The SMILES string of the molecule is CCCNCC1CCCN1c1nccn1CC. The summed E-state index contributed by atoms with van der Waals surface area (Å²) in [7, 11) is 0. The standard InChI is InChI=1S/C13H24N4/c1-3-7-14-11-12-6-5-9-17(12)13-15-8-10-16(13)4-2/h8,10,12,14H,3-7,9,11H2,1-2H3. The molecule has 1 N–H and O–H groups in total. The summed E-state index contributed by atoms with van der Waals surface area (Å²) in [5.41, 5.74) is 0. The second-order valence-corrected chi connectivity index (χ2v) is 4.71. The molecule has 1 atom stereocenters. The molecule has 1 aromatic heterocycles. The van der Waals surface area contributed by atoms with Crippen molar-refractivity contribution in [3.8, 4) is 0 Å². The molecule has 0 amide bonds. The molecule has 0 aromatic carbocycles. The molecule has 1 fully saturated rings. The maximum atomic E-state index is 4.51. The Kier molecular flexibility index (Phi) is 4.42. The second kappa shape index (κ2) is 6.05. The zero-order valence-corrected chi connectivity index (χ0v) is 11.0. The van der Waals surface area contributed by atoms with E-state index in [1.165, 1.54) is 19.3 Å². The molecule has 4 nitrogen and oxygen atoms in total. The second-order valence-electron chi connectivity index (χ2n) is 4.71. The number of hydrogen-bond donors (Lipinski definition) is 1. The monoisotopic (exact) mass is 236 g/mol. The largest absolute Gasteiger partial charge is 0.338 e. The fraction of sp³-hybridized carbons (Fsp3) is 0.769. The molecule has 0 radical (unpaired) electrons. The fourth-order valence-corrected chi connectivity index (χ4v) is 2.56. The first-order chi connectivity index (χ1) is 8.36. The van der Waals surface area contributed by atoms with Crippen LogP contribution in [0.4, 0.5) is 5.95 Å². The van der Waals surface area contributed by atoms with Gasteiger partial charge in [0, 0.05) is 38.1 Å². The molecule has 0 spiro atoms. The molecule has 96 valence electrons. The van der Waals surface area contributed by atoms with Crippen LogP contribution in [-0.4, -0.2) is 35.2 Å². The van der Waals surface area contributed by atoms with Gasteiger partial charge in [0.05, 0.1) is 0 Å². The van der Waals surface area contributed by atoms with Crippen molar-refractivity contribution < 1.29 is 0 Å². The van der Waals surface area contributed by atoms with Gasteiger partial charge >= 0.3 is 0 Å². The van der Waals surface area contributed by atoms with Gasteiger partial charge in [-0.15, -0.1) is 0 Å². The van der Waals surface area contributed by atoms with E-state index in [0.29, 0.717) is 6.04 Å². The molecule has 0 saturated carbocycles. The number of nitrogens with one attached hydrogen (secondary N) is 1. The molecule has 0 bridgehead atoms. The lowest BCUT2D eigenvalue weighted by Crippen LogP contribution is -2.39. The van der Waals surface area contributed by atoms with Gasteiger partial charge in [-0.25, -0.2) is 4.98 Å². The van der Waals surface area contributed by atoms with Gasteiger partial charge in [-0.3, -0.25) is 0 Å². The van der Waals surface area contributed by atoms with Crippen LogP contribution in [0.3, 0.4) is 0 Å². The number of hydrogen-bond acceptors (Lipinski definition) is 3. The van der Waals surface area contributed by atoms with Crippen LogP contribution in [0.1, 0.15) is 33.1 Å². The molecule has 2 heterocycles. The molecule has 4 heteroatoms. The maximum Gasteiger partial charge on any atom is 0.205 e. The molecule has 1 aromatic rings. The van der Waals surface area contributed by atoms with Crippen LogP contribution in [0.5, 0.6) is 0 Å². The highest BCUT2D eigenvalue weighted by Gasteiger charge is 2.26. The average Bonchev–Trinajstić information content (AvgIpc) is 2.96. The van der Waals surface area contributed by atoms with Crippen molar-refractivity contribution in [2.45, 2.75) is 45.7 Å². The molecule has 1 unspecified atom stereocenters. The van der Waals surface area contributed by atoms with E-state index in [9.17, 15) is 0 Å². The highest BCUT2D eigenvalue weighted by atomic mass is 15.3. The number of anilines is 1. The van der Waals surface area contributed by atoms with E-state index in [1.54, 1.807) is 0 Å². The molecular formula is C13H24N4. The Morgan fingerprint density at radius 3 is 3.12 bits per heavy atom. The number of nitrogens with zero attached hydrogens (tertiary/aromatic N) is 3. The minimum Gasteiger partial charge on any atom is -0.338 e. The lowest BCUT2D eigenvalue weighted by atomic mass is 10.2. The highest BCUT2D eigenvalue weighted by Crippen LogP contribution is 2.23. The first-order valence-electron chi connectivity index (χ1n) is 6.85. The predicted octanol–water partition coefficient (Wildman–Crippen LogP) is 1.87. The molecular weight excluding hydrogens is 212 g/mol. The quantitative estimate of drug-likeness (QED) is 0.766. The van der Waals surface area contributed by atoms with Gasteiger partial charge in [0.15, 0.2) is 0 Å². The third kappa shape index (κ3) is 2.80. The van der Waals surface area contributed by atoms with Crippen molar-refractivity contribution in [3.05, 3.63) is 12.4 Å². The van der Waals surface area contributed by atoms with E-state index in [1.807, 2.05) is 6.20 Å². The van der Waals surface area contributed by atoms with Crippen molar-refractivity contribution >= 4 is 5.95 Å². The van der Waals surface area contributed by atoms with Gasteiger partial charge in [-0.2, -0.15) is 0 Å². The molecule has 0 aliphatic carbocycles. The summed E-state index contributed by atoms with van der Waals surface area (Å²) in [4.78, 5) is 6.97. The lowest BCUT2D eigenvalue weighted by molar-refractivity contribution is 0.558. The Morgan fingerprint density at radius 2 is 2.35 bits per heavy atom. The summed E-state index contributed by atoms with van der Waals surface area (Å²) in [5.74, 6) is 1.15. The van der Waals surface area contributed by atoms with Crippen LogP contribution in [0.2, 0.25) is 0 Å². The van der Waals surface area contributed by atoms with Crippen molar-refractivity contribution in [1.29, 1.82) is 0 Å². The fourth-order valence-electron chi connectivity index (χ4n) is 2.56. The van der Waals surface area contributed by atoms with Gasteiger partial charge in [0.25, 0.3) is 0 Å². The van der Waals surface area contributed by atoms with Gasteiger partial charge < -0.3 is 14.8 Å². The summed E-state index contributed by atoms with van der Waals surface area (Å²) in [6, 6.07) is 0.620. The van der Waals surface area contributed by atoms with Crippen molar-refractivity contribution in [2.24, 2.45) is 0 Å². The Labute approximate surface area is 104 Å². The third-order valence-corrected chi connectivity index (χ3v) is 3.47. The van der Waals surface area contributed by atoms with E-state index in [0.717, 1.165) is 32.1 Å². The minimum atomic E-state index is 0.620. The average molecular weight is 236 g/mol. The summed E-state index contributed by atoms with van der Waals surface area (Å²) < 4.78 is 2.23. The smallest absolute Gasteiger partial charge is 0.205 e. The predicted molar refractivity (Wildman–Crippen MR) is 71.4 cm³/mol. The van der Waals surface area contributed by atoms with E-state index in [4.69, 9.17) is 0 Å². The topological polar surface area (TPSA) is 33.1 Å². The van der Waals surface area contributed by atoms with Crippen LogP contribution >= 0.6 is 0 Å². The van der Waals surface area contributed by atoms with E-state index >= 15 is 0 Å². The van der Waals surface area contributed by atoms with E-state index in [-0.39, 0.29) is 0 Å². The minimum absolute atomic E-state index is 0.620. The summed E-state index contributed by atoms with van der Waals surface area (Å²) in [5, 5.41) is 3.53. The van der Waals surface area contributed by atoms with Crippen LogP contribution in [0.25, 0.3) is 0 Å². The van der Waals surface area contributed by atoms with Gasteiger partial charge in [0.1, 0.15) is 0 Å². The van der Waals surface area contributed by atoms with Crippen LogP contribution < -0.4 is 10.2 Å². The number of aryl methyl sites for hydroxylation is 1. The number of rotatable bonds is 6. The van der Waals surface area contributed by atoms with Crippen molar-refractivity contribution in [2.75, 3.05) is 24.5 Å². The zero-order valence-electron chi connectivity index (χ0n) is 11.0. The van der Waals surface area contributed by atoms with Crippen molar-refractivity contribution in [1.82, 2.24) is 14.9 Å². The Morgan fingerprint density at radius 1 is 1.47 bits per heavy atom. The van der Waals surface area contributed by atoms with E-state index < -0.39 is 0 Å². The first kappa shape index (κ1) is 12.4. The molecule has 1 aliphatic rings. The highest BCUT2D eigenvalue weighted by molar-refractivity contribution is 5.35. The molecule has 1 saturated heterocycles. The first-order valence-corrected chi connectivity index (χ1v) is 6.85.